The van der Waals surface area contributed by atoms with Crippen molar-refractivity contribution in [3.8, 4) is 0 Å². The van der Waals surface area contributed by atoms with E-state index in [0.29, 0.717) is 13.2 Å². The number of hydrogen-bond donors (Lipinski definition) is 0. The Balaban J connectivity index is 0.000000201. The van der Waals surface area contributed by atoms with E-state index in [0.717, 1.165) is 61.0 Å². The molecule has 14 heteroatoms. The molecule has 0 spiro atoms. The molecule has 0 radical (unpaired) electrons. The molecule has 36 heavy (non-hydrogen) atoms. The molecule has 2 heterocycles. The highest BCUT2D eigenvalue weighted by atomic mass is 16.5. The number of esters is 2. The van der Waals surface area contributed by atoms with Crippen LogP contribution >= 0.6 is 0 Å². The third-order valence-electron chi connectivity index (χ3n) is 6.01. The Morgan fingerprint density at radius 1 is 0.889 bits per heavy atom. The number of ether oxygens (including phenoxy) is 2. The molecular formula is C22H30N10O4. The highest BCUT2D eigenvalue weighted by molar-refractivity contribution is 5.69. The zero-order chi connectivity index (χ0) is 25.9. The molecule has 0 aliphatic heterocycles. The van der Waals surface area contributed by atoms with Crippen LogP contribution in [0, 0.1) is 0 Å². The van der Waals surface area contributed by atoms with E-state index < -0.39 is 0 Å². The van der Waals surface area contributed by atoms with Crippen molar-refractivity contribution < 1.29 is 19.1 Å². The van der Waals surface area contributed by atoms with E-state index in [1.807, 2.05) is 0 Å². The Hall–Kier alpha value is -4.02. The average Bonchev–Trinajstić information content (AvgIpc) is 3.46. The predicted octanol–water partition coefficient (Wildman–Crippen LogP) is 4.27. The topological polar surface area (TPSA) is 186 Å². The van der Waals surface area contributed by atoms with E-state index >= 15 is 0 Å². The second kappa shape index (κ2) is 13.2. The van der Waals surface area contributed by atoms with E-state index in [-0.39, 0.29) is 37.1 Å². The van der Waals surface area contributed by atoms with Gasteiger partial charge in [0.05, 0.1) is 37.7 Å². The summed E-state index contributed by atoms with van der Waals surface area (Å²) in [5, 5.41) is 15.9. The third-order valence-corrected chi connectivity index (χ3v) is 6.01. The first-order valence-electron chi connectivity index (χ1n) is 12.0. The van der Waals surface area contributed by atoms with Crippen LogP contribution in [0.1, 0.15) is 74.1 Å². The first kappa shape index (κ1) is 26.6. The van der Waals surface area contributed by atoms with Crippen LogP contribution in [-0.4, -0.2) is 44.7 Å². The second-order valence-corrected chi connectivity index (χ2v) is 8.24. The molecule has 2 atom stereocenters. The summed E-state index contributed by atoms with van der Waals surface area (Å²) in [6, 6.07) is -0.315. The van der Waals surface area contributed by atoms with Gasteiger partial charge in [-0.15, -0.1) is 0 Å². The molecule has 2 aromatic rings. The van der Waals surface area contributed by atoms with Gasteiger partial charge in [-0.2, -0.15) is 10.2 Å². The lowest BCUT2D eigenvalue weighted by Crippen LogP contribution is -2.18. The van der Waals surface area contributed by atoms with Crippen molar-refractivity contribution in [3.05, 3.63) is 55.8 Å². The van der Waals surface area contributed by atoms with Crippen molar-refractivity contribution in [1.29, 1.82) is 0 Å². The fourth-order valence-corrected chi connectivity index (χ4v) is 4.49. The second-order valence-electron chi connectivity index (χ2n) is 8.24. The Morgan fingerprint density at radius 2 is 1.31 bits per heavy atom. The van der Waals surface area contributed by atoms with Gasteiger partial charge in [0.1, 0.15) is 13.1 Å². The van der Waals surface area contributed by atoms with Gasteiger partial charge in [0, 0.05) is 32.3 Å². The quantitative estimate of drug-likeness (QED) is 0.226. The number of carbonyl (C=O) groups excluding carboxylic acids is 2. The summed E-state index contributed by atoms with van der Waals surface area (Å²) >= 11 is 0. The third kappa shape index (κ3) is 6.55. The molecule has 0 bridgehead atoms. The van der Waals surface area contributed by atoms with E-state index in [2.05, 4.69) is 30.2 Å². The van der Waals surface area contributed by atoms with Gasteiger partial charge in [0.15, 0.2) is 0 Å². The predicted molar refractivity (Wildman–Crippen MR) is 127 cm³/mol. The van der Waals surface area contributed by atoms with E-state index in [4.69, 9.17) is 20.5 Å². The van der Waals surface area contributed by atoms with Gasteiger partial charge in [-0.25, -0.2) is 0 Å². The van der Waals surface area contributed by atoms with Crippen molar-refractivity contribution in [2.24, 2.45) is 10.2 Å². The van der Waals surface area contributed by atoms with Gasteiger partial charge >= 0.3 is 11.9 Å². The molecule has 0 aromatic carbocycles. The summed E-state index contributed by atoms with van der Waals surface area (Å²) < 4.78 is 13.1. The fourth-order valence-electron chi connectivity index (χ4n) is 4.49. The minimum Gasteiger partial charge on any atom is -0.465 e. The molecule has 0 N–H and O–H groups in total. The molecule has 192 valence electrons. The zero-order valence-corrected chi connectivity index (χ0v) is 20.5. The lowest BCUT2D eigenvalue weighted by atomic mass is 9.94. The van der Waals surface area contributed by atoms with Gasteiger partial charge in [0.2, 0.25) is 0 Å². The highest BCUT2D eigenvalue weighted by Crippen LogP contribution is 2.33. The molecule has 0 saturated heterocycles. The Kier molecular flexibility index (Phi) is 9.73. The van der Waals surface area contributed by atoms with Crippen LogP contribution in [0.3, 0.4) is 0 Å². The molecule has 14 nitrogen and oxygen atoms in total. The number of nitrogens with zero attached hydrogens (tertiary/aromatic N) is 10. The van der Waals surface area contributed by atoms with Crippen LogP contribution < -0.4 is 0 Å². The molecule has 0 saturated carbocycles. The molecular weight excluding hydrogens is 468 g/mol. The van der Waals surface area contributed by atoms with E-state index in [1.54, 1.807) is 35.6 Å². The summed E-state index contributed by atoms with van der Waals surface area (Å²) in [5.74, 6) is -0.594. The van der Waals surface area contributed by atoms with Crippen molar-refractivity contribution in [2.75, 3.05) is 13.2 Å². The minimum atomic E-state index is -0.297. The summed E-state index contributed by atoms with van der Waals surface area (Å²) in [6.07, 6.45) is 8.62. The molecule has 0 fully saturated rings. The maximum absolute atomic E-state index is 11.4. The van der Waals surface area contributed by atoms with Crippen LogP contribution in [0.2, 0.25) is 0 Å². The molecule has 0 unspecified atom stereocenters. The van der Waals surface area contributed by atoms with Gasteiger partial charge < -0.3 is 9.47 Å². The number of aromatic nitrogens is 4. The van der Waals surface area contributed by atoms with Crippen LogP contribution in [0.15, 0.2) is 22.6 Å². The van der Waals surface area contributed by atoms with E-state index in [1.165, 1.54) is 0 Å². The van der Waals surface area contributed by atoms with Gasteiger partial charge in [-0.05, 0) is 63.4 Å². The average molecular weight is 499 g/mol. The smallest absolute Gasteiger partial charge is 0.327 e. The summed E-state index contributed by atoms with van der Waals surface area (Å²) in [7, 11) is 0. The van der Waals surface area contributed by atoms with Crippen molar-refractivity contribution in [3.63, 3.8) is 0 Å². The highest BCUT2D eigenvalue weighted by Gasteiger charge is 2.25. The molecule has 4 rings (SSSR count). The Labute approximate surface area is 207 Å². The van der Waals surface area contributed by atoms with Gasteiger partial charge in [-0.1, -0.05) is 10.2 Å². The van der Waals surface area contributed by atoms with Crippen LogP contribution in [0.25, 0.3) is 20.9 Å². The fraction of sp³-hybridized carbons (Fsp3) is 0.636. The number of azide groups is 2. The SMILES string of the molecule is CCOC(=O)Cn1ncc2c1CCC[C@@H]2N=[N+]=[N-].CCOC(=O)Cn1ncc2c1CCC[C@H]2N=[N+]=[N-]. The lowest BCUT2D eigenvalue weighted by Gasteiger charge is -2.18. The summed E-state index contributed by atoms with van der Waals surface area (Å²) in [5.41, 5.74) is 20.9. The maximum Gasteiger partial charge on any atom is 0.327 e. The number of rotatable bonds is 8. The van der Waals surface area contributed by atoms with Crippen molar-refractivity contribution in [1.82, 2.24) is 19.6 Å². The lowest BCUT2D eigenvalue weighted by molar-refractivity contribution is -0.145. The summed E-state index contributed by atoms with van der Waals surface area (Å²) in [4.78, 5) is 28.6. The molecule has 0 amide bonds. The van der Waals surface area contributed by atoms with Crippen molar-refractivity contribution in [2.45, 2.75) is 77.5 Å². The standard InChI is InChI=1S/2C11H15N5O2/c2*1-2-18-11(17)7-16-10-5-3-4-9(14-15-12)8(10)6-13-16/h2*6,9H,2-5,7H2,1H3/t2*9-/m10/s1. The van der Waals surface area contributed by atoms with Crippen molar-refractivity contribution >= 4 is 11.9 Å². The van der Waals surface area contributed by atoms with Gasteiger partial charge in [0.25, 0.3) is 0 Å². The monoisotopic (exact) mass is 498 g/mol. The van der Waals surface area contributed by atoms with Crippen LogP contribution in [0.4, 0.5) is 0 Å². The molecule has 2 aliphatic rings. The maximum atomic E-state index is 11.4. The first-order valence-corrected chi connectivity index (χ1v) is 12.0. The Bertz CT molecular complexity index is 1070. The summed E-state index contributed by atoms with van der Waals surface area (Å²) in [6.45, 7) is 4.51. The van der Waals surface area contributed by atoms with Crippen LogP contribution in [-0.2, 0) is 45.0 Å². The van der Waals surface area contributed by atoms with E-state index in [9.17, 15) is 9.59 Å². The normalized spacial score (nSPS) is 17.7. The number of carbonyl (C=O) groups is 2. The first-order chi connectivity index (χ1) is 17.5. The number of hydrogen-bond acceptors (Lipinski definition) is 8. The Morgan fingerprint density at radius 3 is 1.67 bits per heavy atom. The minimum absolute atomic E-state index is 0.117. The zero-order valence-electron chi connectivity index (χ0n) is 20.5. The van der Waals surface area contributed by atoms with Gasteiger partial charge in [-0.3, -0.25) is 19.0 Å². The molecule has 2 aliphatic carbocycles. The van der Waals surface area contributed by atoms with Crippen LogP contribution in [0.5, 0.6) is 0 Å². The largest absolute Gasteiger partial charge is 0.465 e. The number of fused-ring (bicyclic) bond motifs is 2. The molecule has 2 aromatic heterocycles.